The van der Waals surface area contributed by atoms with Gasteiger partial charge in [0.2, 0.25) is 0 Å². The molecule has 0 atom stereocenters. The van der Waals surface area contributed by atoms with Crippen LogP contribution < -0.4 is 0 Å². The van der Waals surface area contributed by atoms with Crippen molar-refractivity contribution in [1.82, 2.24) is 0 Å². The van der Waals surface area contributed by atoms with Crippen molar-refractivity contribution in [3.63, 3.8) is 0 Å². The van der Waals surface area contributed by atoms with Gasteiger partial charge in [0.15, 0.2) is 0 Å². The molecule has 0 spiro atoms. The van der Waals surface area contributed by atoms with Gasteiger partial charge in [0.1, 0.15) is 9.80 Å². The van der Waals surface area contributed by atoms with Crippen LogP contribution in [0.15, 0.2) is 24.3 Å². The molecule has 0 radical (unpaired) electrons. The molecule has 0 aromatic heterocycles. The van der Waals surface area contributed by atoms with E-state index >= 15 is 0 Å². The molecule has 1 fully saturated rings. The minimum atomic E-state index is -5.28. The largest absolute Gasteiger partial charge is 0.508 e. The van der Waals surface area contributed by atoms with E-state index in [1.165, 1.54) is 12.1 Å². The number of aryl methyl sites for hydroxylation is 1. The van der Waals surface area contributed by atoms with E-state index in [2.05, 4.69) is 4.84 Å². The first-order valence-electron chi connectivity index (χ1n) is 6.60. The number of quaternary nitrogens is 1. The summed E-state index contributed by atoms with van der Waals surface area (Å²) in [6, 6.07) is 5.89. The summed E-state index contributed by atoms with van der Waals surface area (Å²) in [6.45, 7) is 0. The number of amides is 2. The summed E-state index contributed by atoms with van der Waals surface area (Å²) in [5.41, 5.74) is 0.650. The molecule has 2 amide bonds. The fourth-order valence-corrected chi connectivity index (χ4v) is 3.03. The Morgan fingerprint density at radius 2 is 1.65 bits per heavy atom. The first-order valence-corrected chi connectivity index (χ1v) is 8.00. The minimum Gasteiger partial charge on any atom is -0.508 e. The predicted octanol–water partition coefficient (Wildman–Crippen LogP) is 0.250. The van der Waals surface area contributed by atoms with Crippen molar-refractivity contribution in [1.29, 1.82) is 0 Å². The third kappa shape index (κ3) is 3.23. The van der Waals surface area contributed by atoms with Crippen molar-refractivity contribution in [3.05, 3.63) is 29.8 Å². The second kappa shape index (κ2) is 6.07. The van der Waals surface area contributed by atoms with Gasteiger partial charge in [-0.1, -0.05) is 12.1 Å². The van der Waals surface area contributed by atoms with Crippen molar-refractivity contribution in [2.75, 3.05) is 0 Å². The smallest absolute Gasteiger partial charge is 0.488 e. The van der Waals surface area contributed by atoms with Gasteiger partial charge in [-0.2, -0.15) is 0 Å². The highest BCUT2D eigenvalue weighted by atomic mass is 32.2. The van der Waals surface area contributed by atoms with Crippen molar-refractivity contribution >= 4 is 28.1 Å². The number of carbonyl (C=O) groups is 3. The lowest BCUT2D eigenvalue weighted by atomic mass is 10.1. The maximum Gasteiger partial charge on any atom is 0.488 e. The number of hydroxylamine groups is 2. The molecule has 124 valence electrons. The average molecular weight is 344 g/mol. The molecule has 1 aliphatic heterocycles. The Morgan fingerprint density at radius 1 is 1.13 bits per heavy atom. The molecular formula is C13H14NO8S+. The van der Waals surface area contributed by atoms with Gasteiger partial charge in [-0.15, -0.1) is 8.42 Å². The van der Waals surface area contributed by atoms with Gasteiger partial charge in [-0.3, -0.25) is 0 Å². The van der Waals surface area contributed by atoms with Crippen LogP contribution in [0.2, 0.25) is 0 Å². The number of phenols is 1. The van der Waals surface area contributed by atoms with Gasteiger partial charge in [-0.05, 0) is 24.1 Å². The molecule has 1 saturated heterocycles. The number of hydrogen-bond acceptors (Lipinski definition) is 7. The van der Waals surface area contributed by atoms with E-state index in [0.717, 1.165) is 0 Å². The number of hydrogen-bond donors (Lipinski definition) is 2. The van der Waals surface area contributed by atoms with Crippen LogP contribution in [-0.4, -0.2) is 39.9 Å². The first-order chi connectivity index (χ1) is 10.7. The molecule has 9 nitrogen and oxygen atoms in total. The summed E-state index contributed by atoms with van der Waals surface area (Å²) >= 11 is 0. The Hall–Kier alpha value is -2.30. The van der Waals surface area contributed by atoms with Crippen molar-refractivity contribution in [3.8, 4) is 5.75 Å². The van der Waals surface area contributed by atoms with Crippen LogP contribution >= 0.6 is 0 Å². The van der Waals surface area contributed by atoms with E-state index in [-0.39, 0.29) is 18.6 Å². The van der Waals surface area contributed by atoms with Crippen molar-refractivity contribution < 1.29 is 41.3 Å². The highest BCUT2D eigenvalue weighted by molar-refractivity contribution is 7.80. The molecule has 0 unspecified atom stereocenters. The number of carbonyl (C=O) groups excluding carboxylic acids is 3. The van der Waals surface area contributed by atoms with Crippen LogP contribution in [0.3, 0.4) is 0 Å². The minimum absolute atomic E-state index is 0.0421. The third-order valence-corrected chi connectivity index (χ3v) is 4.45. The fourth-order valence-electron chi connectivity index (χ4n) is 2.15. The summed E-state index contributed by atoms with van der Waals surface area (Å²) in [4.78, 5) is 39.8. The van der Waals surface area contributed by atoms with Crippen LogP contribution in [0.5, 0.6) is 5.75 Å². The molecule has 2 rings (SSSR count). The van der Waals surface area contributed by atoms with E-state index in [9.17, 15) is 27.4 Å². The highest BCUT2D eigenvalue weighted by Gasteiger charge is 2.65. The zero-order valence-electron chi connectivity index (χ0n) is 11.8. The van der Waals surface area contributed by atoms with E-state index in [0.29, 0.717) is 5.56 Å². The lowest BCUT2D eigenvalue weighted by Crippen LogP contribution is -2.57. The van der Waals surface area contributed by atoms with E-state index < -0.39 is 45.0 Å². The Morgan fingerprint density at radius 3 is 2.13 bits per heavy atom. The Kier molecular flexibility index (Phi) is 4.50. The van der Waals surface area contributed by atoms with Gasteiger partial charge in [-0.25, -0.2) is 23.8 Å². The van der Waals surface area contributed by atoms with Crippen molar-refractivity contribution in [2.45, 2.75) is 25.7 Å². The van der Waals surface area contributed by atoms with Crippen LogP contribution in [0.1, 0.15) is 24.8 Å². The molecule has 10 heteroatoms. The lowest BCUT2D eigenvalue weighted by molar-refractivity contribution is -0.853. The van der Waals surface area contributed by atoms with E-state index in [4.69, 9.17) is 5.11 Å². The monoisotopic (exact) mass is 344 g/mol. The summed E-state index contributed by atoms with van der Waals surface area (Å²) in [7, 11) is -5.28. The fraction of sp³-hybridized carbons (Fsp3) is 0.308. The number of benzene rings is 1. The van der Waals surface area contributed by atoms with Crippen molar-refractivity contribution in [2.24, 2.45) is 0 Å². The summed E-state index contributed by atoms with van der Waals surface area (Å²) in [5, 5.41) is 9.14. The predicted molar refractivity (Wildman–Crippen MR) is 73.6 cm³/mol. The summed E-state index contributed by atoms with van der Waals surface area (Å²) < 4.78 is 29.6. The molecule has 1 aliphatic rings. The normalized spacial score (nSPS) is 17.3. The Labute approximate surface area is 131 Å². The number of nitrogens with zero attached hydrogens (tertiary/aromatic N) is 1. The molecule has 2 N–H and O–H groups in total. The van der Waals surface area contributed by atoms with E-state index in [1.807, 2.05) is 0 Å². The molecule has 1 aromatic carbocycles. The second-order valence-electron chi connectivity index (χ2n) is 4.92. The van der Waals surface area contributed by atoms with Gasteiger partial charge in [0, 0.05) is 0 Å². The molecule has 23 heavy (non-hydrogen) atoms. The van der Waals surface area contributed by atoms with Crippen LogP contribution in [0.4, 0.5) is 0 Å². The maximum absolute atomic E-state index is 11.8. The molecule has 1 aromatic rings. The summed E-state index contributed by atoms with van der Waals surface area (Å²) in [6.07, 6.45) is -1.07. The van der Waals surface area contributed by atoms with Crippen LogP contribution in [-0.2, 0) is 35.9 Å². The van der Waals surface area contributed by atoms with Gasteiger partial charge in [0.25, 0.3) is 0 Å². The third-order valence-electron chi connectivity index (χ3n) is 3.32. The number of imide groups is 1. The molecule has 0 aliphatic carbocycles. The van der Waals surface area contributed by atoms with Gasteiger partial charge in [0.05, 0.1) is 19.3 Å². The topological polar surface area (TPSA) is 135 Å². The van der Waals surface area contributed by atoms with E-state index in [1.54, 1.807) is 12.1 Å². The standard InChI is InChI=1S/C13H13NO8S/c15-10-4-1-9(2-5-10)3-8-13(18)22-14(23(19,20)21)11(16)6-7-12(14)17/h1-2,4-5H,3,6-8H2,(H-,15,19,20,21)/p+1. The Bertz CT molecular complexity index is 737. The number of aromatic hydroxyl groups is 1. The zero-order valence-corrected chi connectivity index (χ0v) is 12.7. The average Bonchev–Trinajstić information content (AvgIpc) is 2.75. The Balaban J connectivity index is 2.12. The van der Waals surface area contributed by atoms with Gasteiger partial charge < -0.3 is 5.11 Å². The van der Waals surface area contributed by atoms with Crippen LogP contribution in [0, 0.1) is 0 Å². The number of rotatable bonds is 5. The maximum atomic E-state index is 11.8. The second-order valence-corrected chi connectivity index (χ2v) is 6.33. The molecular weight excluding hydrogens is 330 g/mol. The van der Waals surface area contributed by atoms with Crippen LogP contribution in [0.25, 0.3) is 0 Å². The number of phenolic OH excluding ortho intramolecular Hbond substituents is 1. The molecule has 0 saturated carbocycles. The quantitative estimate of drug-likeness (QED) is 0.441. The zero-order chi connectivity index (χ0) is 17.3. The lowest BCUT2D eigenvalue weighted by Gasteiger charge is -2.20. The first kappa shape index (κ1) is 17.1. The molecule has 0 bridgehead atoms. The SMILES string of the molecule is O=C(CCc1ccc(O)cc1)O[N+]1(S(=O)(=O)O)C(=O)CCC1=O. The van der Waals surface area contributed by atoms with Gasteiger partial charge >= 0.3 is 28.1 Å². The summed E-state index contributed by atoms with van der Waals surface area (Å²) in [5.74, 6) is -3.51. The highest BCUT2D eigenvalue weighted by Crippen LogP contribution is 2.28. The molecule has 1 heterocycles.